The molecule has 2 unspecified atom stereocenters. The molecule has 2 aromatic rings. The van der Waals surface area contributed by atoms with Crippen LogP contribution in [0.1, 0.15) is 17.4 Å². The number of hydrogen-bond acceptors (Lipinski definition) is 6. The summed E-state index contributed by atoms with van der Waals surface area (Å²) in [5.74, 6) is -0.175. The fraction of sp³-hybridized carbons (Fsp3) is 0.429. The molecule has 0 bridgehead atoms. The average Bonchev–Trinajstić information content (AvgIpc) is 2.97. The lowest BCUT2D eigenvalue weighted by Gasteiger charge is -2.20. The second kappa shape index (κ2) is 6.19. The van der Waals surface area contributed by atoms with Gasteiger partial charge in [-0.1, -0.05) is 0 Å². The van der Waals surface area contributed by atoms with E-state index in [2.05, 4.69) is 20.4 Å². The van der Waals surface area contributed by atoms with Gasteiger partial charge in [-0.2, -0.15) is 18.3 Å². The van der Waals surface area contributed by atoms with Crippen molar-refractivity contribution in [1.82, 2.24) is 19.7 Å². The van der Waals surface area contributed by atoms with Crippen LogP contribution in [0.4, 0.5) is 19.1 Å². The third-order valence-corrected chi connectivity index (χ3v) is 3.58. The van der Waals surface area contributed by atoms with Crippen LogP contribution >= 0.6 is 0 Å². The van der Waals surface area contributed by atoms with Crippen LogP contribution in [0.5, 0.6) is 0 Å². The quantitative estimate of drug-likeness (QED) is 0.909. The van der Waals surface area contributed by atoms with E-state index in [0.29, 0.717) is 5.69 Å². The van der Waals surface area contributed by atoms with E-state index in [9.17, 15) is 18.0 Å². The Morgan fingerprint density at radius 3 is 2.83 bits per heavy atom. The van der Waals surface area contributed by atoms with Crippen molar-refractivity contribution in [2.75, 3.05) is 18.5 Å². The molecule has 1 saturated heterocycles. The first-order valence-electron chi connectivity index (χ1n) is 7.15. The van der Waals surface area contributed by atoms with E-state index >= 15 is 0 Å². The molecule has 1 N–H and O–H groups in total. The Morgan fingerprint density at radius 1 is 1.29 bits per heavy atom. The van der Waals surface area contributed by atoms with Crippen LogP contribution < -0.4 is 10.9 Å². The maximum absolute atomic E-state index is 12.7. The predicted octanol–water partition coefficient (Wildman–Crippen LogP) is 1.41. The zero-order chi connectivity index (χ0) is 17.3. The van der Waals surface area contributed by atoms with Crippen LogP contribution in [0.15, 0.2) is 29.2 Å². The largest absolute Gasteiger partial charge is 0.433 e. The second-order valence-corrected chi connectivity index (χ2v) is 5.38. The number of nitrogens with zero attached hydrogens (tertiary/aromatic N) is 4. The van der Waals surface area contributed by atoms with Gasteiger partial charge in [0.25, 0.3) is 5.56 Å². The normalized spacial score (nSPS) is 21.0. The molecule has 1 aliphatic rings. The Bertz CT molecular complexity index is 792. The van der Waals surface area contributed by atoms with E-state index in [1.165, 1.54) is 10.7 Å². The van der Waals surface area contributed by atoms with Gasteiger partial charge in [-0.25, -0.2) is 14.6 Å². The van der Waals surface area contributed by atoms with Crippen LogP contribution in [0.2, 0.25) is 0 Å². The summed E-state index contributed by atoms with van der Waals surface area (Å²) >= 11 is 0. The Morgan fingerprint density at radius 2 is 2.08 bits per heavy atom. The van der Waals surface area contributed by atoms with Crippen LogP contribution in [0, 0.1) is 6.92 Å². The molecular formula is C14H14F3N5O2. The summed E-state index contributed by atoms with van der Waals surface area (Å²) in [7, 11) is 0. The predicted molar refractivity (Wildman–Crippen MR) is 77.5 cm³/mol. The van der Waals surface area contributed by atoms with Gasteiger partial charge in [0, 0.05) is 12.3 Å². The number of nitrogens with one attached hydrogen (secondary N) is 1. The molecule has 128 valence electrons. The van der Waals surface area contributed by atoms with Gasteiger partial charge >= 0.3 is 6.18 Å². The van der Waals surface area contributed by atoms with Crippen molar-refractivity contribution in [3.05, 3.63) is 46.1 Å². The smallest absolute Gasteiger partial charge is 0.377 e. The molecule has 3 heterocycles. The highest BCUT2D eigenvalue weighted by Gasteiger charge is 2.35. The third-order valence-electron chi connectivity index (χ3n) is 3.58. The number of hydrogen-bond donors (Lipinski definition) is 1. The van der Waals surface area contributed by atoms with E-state index in [4.69, 9.17) is 4.74 Å². The van der Waals surface area contributed by atoms with Crippen LogP contribution in [-0.2, 0) is 10.9 Å². The first-order valence-corrected chi connectivity index (χ1v) is 7.15. The zero-order valence-electron chi connectivity index (χ0n) is 12.6. The van der Waals surface area contributed by atoms with Gasteiger partial charge < -0.3 is 10.1 Å². The van der Waals surface area contributed by atoms with Gasteiger partial charge in [0.1, 0.15) is 11.7 Å². The molecule has 0 spiro atoms. The van der Waals surface area contributed by atoms with Crippen LogP contribution in [0.25, 0.3) is 0 Å². The minimum atomic E-state index is -4.56. The van der Waals surface area contributed by atoms with E-state index in [1.807, 2.05) is 0 Å². The van der Waals surface area contributed by atoms with E-state index in [-0.39, 0.29) is 24.7 Å². The van der Waals surface area contributed by atoms with Crippen molar-refractivity contribution < 1.29 is 17.9 Å². The molecule has 10 heteroatoms. The topological polar surface area (TPSA) is 81.9 Å². The molecule has 7 nitrogen and oxygen atoms in total. The van der Waals surface area contributed by atoms with Crippen molar-refractivity contribution in [2.24, 2.45) is 0 Å². The molecule has 24 heavy (non-hydrogen) atoms. The first-order chi connectivity index (χ1) is 11.3. The Kier molecular flexibility index (Phi) is 4.22. The molecule has 0 aromatic carbocycles. The monoisotopic (exact) mass is 341 g/mol. The number of ether oxygens (including phenoxy) is 1. The number of halogens is 3. The van der Waals surface area contributed by atoms with Gasteiger partial charge in [-0.3, -0.25) is 4.79 Å². The summed E-state index contributed by atoms with van der Waals surface area (Å²) < 4.78 is 44.8. The highest BCUT2D eigenvalue weighted by molar-refractivity contribution is 5.29. The summed E-state index contributed by atoms with van der Waals surface area (Å²) in [6.07, 6.45) is -3.53. The molecular weight excluding hydrogens is 327 g/mol. The molecule has 0 aliphatic carbocycles. The maximum atomic E-state index is 12.7. The van der Waals surface area contributed by atoms with E-state index in [0.717, 1.165) is 12.3 Å². The molecule has 3 rings (SSSR count). The SMILES string of the molecule is Cc1ccc(=O)n(C2COCC2Nc2nccc(C(F)(F)F)n2)n1. The lowest BCUT2D eigenvalue weighted by atomic mass is 10.2. The second-order valence-electron chi connectivity index (χ2n) is 5.38. The standard InChI is InChI=1S/C14H14F3N5O2/c1-8-2-3-12(23)22(21-8)10-7-24-6-9(10)19-13-18-5-4-11(20-13)14(15,16)17/h2-5,9-10H,6-7H2,1H3,(H,18,19,20). The van der Waals surface area contributed by atoms with Gasteiger partial charge in [0.05, 0.1) is 24.9 Å². The van der Waals surface area contributed by atoms with Gasteiger partial charge in [-0.05, 0) is 19.1 Å². The van der Waals surface area contributed by atoms with E-state index < -0.39 is 24.0 Å². The number of rotatable bonds is 3. The summed E-state index contributed by atoms with van der Waals surface area (Å²) in [5.41, 5.74) is -0.704. The highest BCUT2D eigenvalue weighted by atomic mass is 19.4. The molecule has 2 aromatic heterocycles. The Hall–Kier alpha value is -2.49. The molecule has 2 atom stereocenters. The Labute approximate surface area is 134 Å². The van der Waals surface area contributed by atoms with Crippen molar-refractivity contribution in [3.63, 3.8) is 0 Å². The van der Waals surface area contributed by atoms with Crippen molar-refractivity contribution in [2.45, 2.75) is 25.2 Å². The maximum Gasteiger partial charge on any atom is 0.433 e. The van der Waals surface area contributed by atoms with Gasteiger partial charge in [0.2, 0.25) is 5.95 Å². The molecule has 0 radical (unpaired) electrons. The van der Waals surface area contributed by atoms with Crippen LogP contribution in [-0.4, -0.2) is 39.0 Å². The number of alkyl halides is 3. The molecule has 1 fully saturated rings. The number of anilines is 1. The zero-order valence-corrected chi connectivity index (χ0v) is 12.6. The lowest BCUT2D eigenvalue weighted by molar-refractivity contribution is -0.141. The Balaban J connectivity index is 1.84. The van der Waals surface area contributed by atoms with Crippen LogP contribution in [0.3, 0.4) is 0 Å². The van der Waals surface area contributed by atoms with Crippen molar-refractivity contribution >= 4 is 5.95 Å². The summed E-state index contributed by atoms with van der Waals surface area (Å²) in [4.78, 5) is 19.2. The summed E-state index contributed by atoms with van der Waals surface area (Å²) in [6, 6.07) is 2.84. The highest BCUT2D eigenvalue weighted by Crippen LogP contribution is 2.28. The van der Waals surface area contributed by atoms with Gasteiger partial charge in [0.15, 0.2) is 0 Å². The minimum absolute atomic E-state index is 0.175. The number of aryl methyl sites for hydroxylation is 1. The first kappa shape index (κ1) is 16.4. The van der Waals surface area contributed by atoms with Crippen molar-refractivity contribution in [1.29, 1.82) is 0 Å². The summed E-state index contributed by atoms with van der Waals surface area (Å²) in [6.45, 7) is 2.16. The fourth-order valence-electron chi connectivity index (χ4n) is 2.43. The van der Waals surface area contributed by atoms with E-state index in [1.54, 1.807) is 13.0 Å². The number of aromatic nitrogens is 4. The molecule has 1 aliphatic heterocycles. The molecule has 0 amide bonds. The lowest BCUT2D eigenvalue weighted by Crippen LogP contribution is -2.37. The average molecular weight is 341 g/mol. The summed E-state index contributed by atoms with van der Waals surface area (Å²) in [5, 5.41) is 6.97. The van der Waals surface area contributed by atoms with Crippen molar-refractivity contribution in [3.8, 4) is 0 Å². The molecule has 0 saturated carbocycles. The minimum Gasteiger partial charge on any atom is -0.377 e. The van der Waals surface area contributed by atoms with Gasteiger partial charge in [-0.15, -0.1) is 0 Å². The third kappa shape index (κ3) is 3.37. The fourth-order valence-corrected chi connectivity index (χ4v) is 2.43.